The Morgan fingerprint density at radius 2 is 0.552 bits per heavy atom. The first-order chi connectivity index (χ1) is 12.7. The van der Waals surface area contributed by atoms with E-state index in [1.807, 2.05) is 0 Å². The Kier molecular flexibility index (Phi) is 8.66. The number of hydrogen-bond donors (Lipinski definition) is 0. The summed E-state index contributed by atoms with van der Waals surface area (Å²) in [7, 11) is 0. The van der Waals surface area contributed by atoms with E-state index in [9.17, 15) is 63.7 Å². The van der Waals surface area contributed by atoms with Gasteiger partial charge in [0.05, 0.1) is 23.1 Å². The summed E-state index contributed by atoms with van der Waals surface area (Å²) in [5.74, 6) is -28.7. The Morgan fingerprint density at radius 3 is 0.690 bits per heavy atom. The quantitative estimate of drug-likeness (QED) is 0.370. The molecule has 2 rings (SSSR count). The molecule has 0 bridgehead atoms. The molecule has 0 spiro atoms. The Hall–Kier alpha value is -2.81. The van der Waals surface area contributed by atoms with Gasteiger partial charge >= 0.3 is 16.8 Å². The number of rotatable bonds is 2. The van der Waals surface area contributed by atoms with Crippen molar-refractivity contribution in [3.63, 3.8) is 0 Å². The van der Waals surface area contributed by atoms with Gasteiger partial charge in [-0.25, -0.2) is 43.9 Å². The molecule has 4 nitrogen and oxygen atoms in total. The molecule has 2 aromatic rings. The largest absolute Gasteiger partial charge is 2.00 e. The molecule has 0 amide bonds. The third-order valence-electron chi connectivity index (χ3n) is 2.83. The molecule has 15 heteroatoms. The number of carboxylic acids is 2. The second-order valence-corrected chi connectivity index (χ2v) is 4.46. The number of benzene rings is 2. The van der Waals surface area contributed by atoms with Crippen LogP contribution in [-0.4, -0.2) is 11.9 Å². The summed E-state index contributed by atoms with van der Waals surface area (Å²) >= 11 is 0. The van der Waals surface area contributed by atoms with Gasteiger partial charge in [-0.2, -0.15) is 0 Å². The molecule has 0 N–H and O–H groups in total. The van der Waals surface area contributed by atoms with Crippen LogP contribution in [0.2, 0.25) is 0 Å². The summed E-state index contributed by atoms with van der Waals surface area (Å²) in [4.78, 5) is 20.0. The molecule has 0 saturated carbocycles. The van der Waals surface area contributed by atoms with E-state index in [1.54, 1.807) is 0 Å². The first-order valence-electron chi connectivity index (χ1n) is 6.21. The Bertz CT molecular complexity index is 858. The zero-order valence-electron chi connectivity index (χ0n) is 12.7. The Morgan fingerprint density at radius 1 is 0.414 bits per heavy atom. The zero-order chi connectivity index (χ0) is 22.1. The van der Waals surface area contributed by atoms with Crippen LogP contribution in [0.1, 0.15) is 20.7 Å². The predicted molar refractivity (Wildman–Crippen MR) is 61.1 cm³/mol. The number of carbonyl (C=O) groups is 2. The van der Waals surface area contributed by atoms with Crippen LogP contribution in [0.3, 0.4) is 0 Å². The van der Waals surface area contributed by atoms with E-state index < -0.39 is 81.2 Å². The molecule has 0 aliphatic rings. The van der Waals surface area contributed by atoms with E-state index in [-0.39, 0.29) is 16.8 Å². The van der Waals surface area contributed by atoms with Crippen LogP contribution in [-0.2, 0) is 16.8 Å². The molecular weight excluding hydrogens is 481 g/mol. The smallest absolute Gasteiger partial charge is 0.545 e. The normalized spacial score (nSPS) is 10.0. The van der Waals surface area contributed by atoms with Crippen molar-refractivity contribution >= 4 is 11.9 Å². The number of halogens is 10. The molecule has 0 saturated heterocycles. The van der Waals surface area contributed by atoms with Crippen LogP contribution in [0, 0.1) is 58.2 Å². The van der Waals surface area contributed by atoms with Gasteiger partial charge in [0.25, 0.3) is 0 Å². The molecule has 0 aliphatic heterocycles. The summed E-state index contributed by atoms with van der Waals surface area (Å²) < 4.78 is 124. The monoisotopic (exact) mass is 481 g/mol. The molecule has 0 aromatic heterocycles. The van der Waals surface area contributed by atoms with Gasteiger partial charge in [0, 0.05) is 0 Å². The van der Waals surface area contributed by atoms with Crippen LogP contribution in [0.4, 0.5) is 43.9 Å². The average Bonchev–Trinajstić information content (AvgIpc) is 2.61. The van der Waals surface area contributed by atoms with Crippen molar-refractivity contribution < 1.29 is 80.5 Å². The fraction of sp³-hybridized carbons (Fsp3) is 0. The van der Waals surface area contributed by atoms with Crippen molar-refractivity contribution in [3.05, 3.63) is 69.3 Å². The minimum atomic E-state index is -2.47. The fourth-order valence-corrected chi connectivity index (χ4v) is 1.57. The zero-order valence-corrected chi connectivity index (χ0v) is 13.8. The predicted octanol–water partition coefficient (Wildman–Crippen LogP) is 1.49. The molecule has 159 valence electrons. The standard InChI is InChI=1S/2C7HF5O2.Co/c2*8-2-1(7(13)14)3(9)5(11)6(12)4(2)10;/h2*(H,13,14);/q;;+2/p-2. The van der Waals surface area contributed by atoms with Crippen molar-refractivity contribution in [2.45, 2.75) is 0 Å². The van der Waals surface area contributed by atoms with Crippen LogP contribution in [0.25, 0.3) is 0 Å². The van der Waals surface area contributed by atoms with Gasteiger partial charge in [-0.05, 0) is 0 Å². The first kappa shape index (κ1) is 26.2. The number of carbonyl (C=O) groups excluding carboxylic acids is 2. The maximum atomic E-state index is 12.5. The van der Waals surface area contributed by atoms with E-state index in [0.29, 0.717) is 0 Å². The van der Waals surface area contributed by atoms with Crippen LogP contribution >= 0.6 is 0 Å². The van der Waals surface area contributed by atoms with Crippen LogP contribution < -0.4 is 10.2 Å². The minimum absolute atomic E-state index is 0. The van der Waals surface area contributed by atoms with E-state index in [0.717, 1.165) is 0 Å². The van der Waals surface area contributed by atoms with Gasteiger partial charge in [-0.3, -0.25) is 0 Å². The van der Waals surface area contributed by atoms with E-state index >= 15 is 0 Å². The Labute approximate surface area is 162 Å². The maximum Gasteiger partial charge on any atom is 2.00 e. The average molecular weight is 481 g/mol. The molecule has 0 atom stereocenters. The van der Waals surface area contributed by atoms with Gasteiger partial charge in [-0.15, -0.1) is 0 Å². The molecule has 29 heavy (non-hydrogen) atoms. The fourth-order valence-electron chi connectivity index (χ4n) is 1.57. The maximum absolute atomic E-state index is 12.5. The molecule has 0 aliphatic carbocycles. The first-order valence-corrected chi connectivity index (χ1v) is 6.21. The second kappa shape index (κ2) is 9.59. The van der Waals surface area contributed by atoms with Gasteiger partial charge in [0.2, 0.25) is 11.6 Å². The third kappa shape index (κ3) is 4.79. The van der Waals surface area contributed by atoms with Crippen molar-refractivity contribution in [3.8, 4) is 0 Å². The summed E-state index contributed by atoms with van der Waals surface area (Å²) in [6, 6.07) is 0. The topological polar surface area (TPSA) is 80.3 Å². The number of carboxylic acid groups (broad SMARTS) is 2. The number of hydrogen-bond acceptors (Lipinski definition) is 4. The van der Waals surface area contributed by atoms with Crippen molar-refractivity contribution in [2.24, 2.45) is 0 Å². The summed E-state index contributed by atoms with van der Waals surface area (Å²) in [6.07, 6.45) is 0. The van der Waals surface area contributed by atoms with Crippen molar-refractivity contribution in [2.75, 3.05) is 0 Å². The summed E-state index contributed by atoms with van der Waals surface area (Å²) in [5.41, 5.74) is -3.94. The molecule has 0 fully saturated rings. The van der Waals surface area contributed by atoms with Gasteiger partial charge in [0.1, 0.15) is 0 Å². The van der Waals surface area contributed by atoms with Gasteiger partial charge < -0.3 is 19.8 Å². The number of aromatic carboxylic acids is 2. The van der Waals surface area contributed by atoms with Crippen molar-refractivity contribution in [1.82, 2.24) is 0 Å². The van der Waals surface area contributed by atoms with Crippen LogP contribution in [0.5, 0.6) is 0 Å². The van der Waals surface area contributed by atoms with E-state index in [1.165, 1.54) is 0 Å². The van der Waals surface area contributed by atoms with Gasteiger partial charge in [-0.1, -0.05) is 0 Å². The SMILES string of the molecule is O=C([O-])c1c(F)c(F)c(F)c(F)c1F.O=C([O-])c1c(F)c(F)c(F)c(F)c1F.[Co+2]. The van der Waals surface area contributed by atoms with Crippen LogP contribution in [0.15, 0.2) is 0 Å². The molecular formula is C14CoF10O4. The van der Waals surface area contributed by atoms with E-state index in [2.05, 4.69) is 0 Å². The summed E-state index contributed by atoms with van der Waals surface area (Å²) in [5, 5.41) is 20.0. The molecule has 1 radical (unpaired) electrons. The van der Waals surface area contributed by atoms with Gasteiger partial charge in [0.15, 0.2) is 46.5 Å². The molecule has 0 unspecified atom stereocenters. The van der Waals surface area contributed by atoms with Crippen molar-refractivity contribution in [1.29, 1.82) is 0 Å². The second-order valence-electron chi connectivity index (χ2n) is 4.46. The summed E-state index contributed by atoms with van der Waals surface area (Å²) in [6.45, 7) is 0. The third-order valence-corrected chi connectivity index (χ3v) is 2.83. The molecule has 0 heterocycles. The Balaban J connectivity index is 0.000000523. The molecule has 2 aromatic carbocycles. The van der Waals surface area contributed by atoms with E-state index in [4.69, 9.17) is 0 Å². The minimum Gasteiger partial charge on any atom is -0.545 e.